The molecular formula is C27H19NO5S. The number of hydrogen-bond donors (Lipinski definition) is 1. The van der Waals surface area contributed by atoms with E-state index in [1.807, 2.05) is 30.3 Å². The van der Waals surface area contributed by atoms with Crippen molar-refractivity contribution in [1.82, 2.24) is 0 Å². The van der Waals surface area contributed by atoms with Crippen molar-refractivity contribution in [3.8, 4) is 5.75 Å². The van der Waals surface area contributed by atoms with Gasteiger partial charge in [-0.25, -0.2) is 8.42 Å². The maximum Gasteiger partial charge on any atom is 0.255 e. The van der Waals surface area contributed by atoms with Crippen molar-refractivity contribution in [2.75, 3.05) is 5.32 Å². The minimum atomic E-state index is -3.92. The van der Waals surface area contributed by atoms with Crippen LogP contribution >= 0.6 is 0 Å². The summed E-state index contributed by atoms with van der Waals surface area (Å²) in [6, 6.07) is 26.8. The fraction of sp³-hybridized carbons (Fsp3) is 0.0370. The Kier molecular flexibility index (Phi) is 5.47. The molecule has 0 aromatic heterocycles. The van der Waals surface area contributed by atoms with Gasteiger partial charge in [0.25, 0.3) is 5.91 Å². The summed E-state index contributed by atoms with van der Waals surface area (Å²) in [6.45, 7) is 0.429. The third-order valence-electron chi connectivity index (χ3n) is 5.56. The predicted molar refractivity (Wildman–Crippen MR) is 127 cm³/mol. The maximum atomic E-state index is 13.1. The molecule has 0 atom stereocenters. The largest absolute Gasteiger partial charge is 0.489 e. The van der Waals surface area contributed by atoms with E-state index < -0.39 is 15.7 Å². The molecular weight excluding hydrogens is 450 g/mol. The van der Waals surface area contributed by atoms with Crippen LogP contribution in [0.4, 0.5) is 5.69 Å². The molecule has 5 rings (SSSR count). The molecule has 7 heteroatoms. The van der Waals surface area contributed by atoms with Crippen LogP contribution in [-0.4, -0.2) is 20.1 Å². The highest BCUT2D eigenvalue weighted by molar-refractivity contribution is 7.91. The minimum Gasteiger partial charge on any atom is -0.489 e. The third kappa shape index (κ3) is 3.97. The molecule has 34 heavy (non-hydrogen) atoms. The van der Waals surface area contributed by atoms with Crippen molar-refractivity contribution in [3.05, 3.63) is 119 Å². The number of ketones is 1. The van der Waals surface area contributed by atoms with E-state index >= 15 is 0 Å². The van der Waals surface area contributed by atoms with Crippen LogP contribution in [0.1, 0.15) is 31.8 Å². The molecule has 1 aliphatic rings. The molecule has 0 unspecified atom stereocenters. The zero-order chi connectivity index (χ0) is 23.7. The zero-order valence-corrected chi connectivity index (χ0v) is 18.7. The van der Waals surface area contributed by atoms with Gasteiger partial charge in [0.05, 0.1) is 9.79 Å². The van der Waals surface area contributed by atoms with E-state index in [1.165, 1.54) is 30.3 Å². The lowest BCUT2D eigenvalue weighted by Gasteiger charge is -2.19. The SMILES string of the molecule is O=C(Nc1ccc(OCc2ccccc2)cc1)c1ccc2c(c1)S(=O)(=O)c1ccccc1C2=O. The molecule has 0 radical (unpaired) electrons. The Balaban J connectivity index is 1.33. The molecule has 4 aromatic rings. The molecule has 6 nitrogen and oxygen atoms in total. The van der Waals surface area contributed by atoms with Gasteiger partial charge < -0.3 is 10.1 Å². The smallest absolute Gasteiger partial charge is 0.255 e. The highest BCUT2D eigenvalue weighted by Crippen LogP contribution is 2.34. The molecule has 1 N–H and O–H groups in total. The van der Waals surface area contributed by atoms with Crippen molar-refractivity contribution in [2.24, 2.45) is 0 Å². The van der Waals surface area contributed by atoms with E-state index in [0.29, 0.717) is 18.0 Å². The van der Waals surface area contributed by atoms with Gasteiger partial charge in [-0.05, 0) is 60.2 Å². The summed E-state index contributed by atoms with van der Waals surface area (Å²) in [4.78, 5) is 25.4. The first-order valence-corrected chi connectivity index (χ1v) is 12.0. The standard InChI is InChI=1S/C27H19NO5S/c29-26-22-8-4-5-9-24(22)34(31,32)25-16-19(10-15-23(25)26)27(30)28-20-11-13-21(14-12-20)33-17-18-6-2-1-3-7-18/h1-16H,17H2,(H,28,30). The molecule has 1 aliphatic heterocycles. The van der Waals surface area contributed by atoms with Crippen LogP contribution in [-0.2, 0) is 16.4 Å². The van der Waals surface area contributed by atoms with Crippen LogP contribution in [0.2, 0.25) is 0 Å². The van der Waals surface area contributed by atoms with Gasteiger partial charge in [-0.3, -0.25) is 9.59 Å². The molecule has 0 bridgehead atoms. The summed E-state index contributed by atoms with van der Waals surface area (Å²) in [6.07, 6.45) is 0. The normalized spacial score (nSPS) is 13.5. The average Bonchev–Trinajstić information content (AvgIpc) is 2.87. The maximum absolute atomic E-state index is 13.1. The van der Waals surface area contributed by atoms with Gasteiger partial charge in [0.2, 0.25) is 9.84 Å². The number of fused-ring (bicyclic) bond motifs is 2. The number of sulfone groups is 1. The molecule has 0 aliphatic carbocycles. The second kappa shape index (κ2) is 8.61. The summed E-state index contributed by atoms with van der Waals surface area (Å²) in [5.74, 6) is -0.209. The van der Waals surface area contributed by atoms with Gasteiger partial charge in [-0.1, -0.05) is 42.5 Å². The molecule has 0 spiro atoms. The third-order valence-corrected chi connectivity index (χ3v) is 7.41. The molecule has 0 saturated carbocycles. The number of hydrogen-bond acceptors (Lipinski definition) is 5. The minimum absolute atomic E-state index is 0.0452. The first kappa shape index (κ1) is 21.6. The van der Waals surface area contributed by atoms with E-state index in [2.05, 4.69) is 5.32 Å². The van der Waals surface area contributed by atoms with Gasteiger partial charge in [-0.15, -0.1) is 0 Å². The molecule has 168 valence electrons. The number of anilines is 1. The lowest BCUT2D eigenvalue weighted by Crippen LogP contribution is -2.21. The van der Waals surface area contributed by atoms with E-state index in [9.17, 15) is 18.0 Å². The second-order valence-electron chi connectivity index (χ2n) is 7.79. The predicted octanol–water partition coefficient (Wildman–Crippen LogP) is 4.90. The fourth-order valence-electron chi connectivity index (χ4n) is 3.80. The van der Waals surface area contributed by atoms with Gasteiger partial charge >= 0.3 is 0 Å². The van der Waals surface area contributed by atoms with Gasteiger partial charge in [0.1, 0.15) is 12.4 Å². The Morgan fingerprint density at radius 2 is 1.44 bits per heavy atom. The van der Waals surface area contributed by atoms with Gasteiger partial charge in [-0.2, -0.15) is 0 Å². The highest BCUT2D eigenvalue weighted by atomic mass is 32.2. The first-order valence-electron chi connectivity index (χ1n) is 10.5. The van der Waals surface area contributed by atoms with Crippen molar-refractivity contribution in [3.63, 3.8) is 0 Å². The lowest BCUT2D eigenvalue weighted by atomic mass is 10.0. The summed E-state index contributed by atoms with van der Waals surface area (Å²) in [5, 5.41) is 2.75. The van der Waals surface area contributed by atoms with Crippen molar-refractivity contribution in [1.29, 1.82) is 0 Å². The number of rotatable bonds is 5. The van der Waals surface area contributed by atoms with Crippen LogP contribution in [0.25, 0.3) is 0 Å². The van der Waals surface area contributed by atoms with E-state index in [4.69, 9.17) is 4.74 Å². The summed E-state index contributed by atoms with van der Waals surface area (Å²) in [5.41, 5.74) is 1.92. The Morgan fingerprint density at radius 1 is 0.765 bits per heavy atom. The van der Waals surface area contributed by atoms with Crippen LogP contribution < -0.4 is 10.1 Å². The second-order valence-corrected chi connectivity index (χ2v) is 9.68. The zero-order valence-electron chi connectivity index (χ0n) is 17.9. The number of nitrogens with one attached hydrogen (secondary N) is 1. The van der Waals surface area contributed by atoms with E-state index in [1.54, 1.807) is 36.4 Å². The molecule has 0 fully saturated rings. The molecule has 1 heterocycles. The summed E-state index contributed by atoms with van der Waals surface area (Å²) in [7, 11) is -3.92. The van der Waals surface area contributed by atoms with Crippen molar-refractivity contribution in [2.45, 2.75) is 16.4 Å². The number of carbonyl (C=O) groups is 2. The van der Waals surface area contributed by atoms with Crippen molar-refractivity contribution >= 4 is 27.2 Å². The Bertz CT molecular complexity index is 1510. The molecule has 1 amide bonds. The van der Waals surface area contributed by atoms with Crippen molar-refractivity contribution < 1.29 is 22.7 Å². The van der Waals surface area contributed by atoms with Crippen LogP contribution in [0, 0.1) is 0 Å². The topological polar surface area (TPSA) is 89.5 Å². The summed E-state index contributed by atoms with van der Waals surface area (Å²) >= 11 is 0. The van der Waals surface area contributed by atoms with Gasteiger partial charge in [0.15, 0.2) is 5.78 Å². The van der Waals surface area contributed by atoms with E-state index in [0.717, 1.165) is 5.56 Å². The molecule has 0 saturated heterocycles. The first-order chi connectivity index (χ1) is 16.4. The molecule has 4 aromatic carbocycles. The number of amides is 1. The van der Waals surface area contributed by atoms with E-state index in [-0.39, 0.29) is 32.3 Å². The fourth-order valence-corrected chi connectivity index (χ4v) is 5.48. The van der Waals surface area contributed by atoms with Crippen LogP contribution in [0.5, 0.6) is 5.75 Å². The van der Waals surface area contributed by atoms with Crippen LogP contribution in [0.3, 0.4) is 0 Å². The Labute approximate surface area is 196 Å². The Morgan fingerprint density at radius 3 is 2.21 bits per heavy atom. The summed E-state index contributed by atoms with van der Waals surface area (Å²) < 4.78 is 31.9. The number of ether oxygens (including phenoxy) is 1. The van der Waals surface area contributed by atoms with Gasteiger partial charge in [0, 0.05) is 22.4 Å². The monoisotopic (exact) mass is 469 g/mol. The number of carbonyl (C=O) groups excluding carboxylic acids is 2. The van der Waals surface area contributed by atoms with Crippen LogP contribution in [0.15, 0.2) is 107 Å². The average molecular weight is 470 g/mol. The highest BCUT2D eigenvalue weighted by Gasteiger charge is 2.35. The quantitative estimate of drug-likeness (QED) is 0.396. The Hall–Kier alpha value is -4.23. The number of benzene rings is 4. The lowest BCUT2D eigenvalue weighted by molar-refractivity contribution is 0.101.